The predicted molar refractivity (Wildman–Crippen MR) is 105 cm³/mol. The molecular weight excluding hydrogens is 340 g/mol. The van der Waals surface area contributed by atoms with E-state index >= 15 is 0 Å². The Kier molecular flexibility index (Phi) is 6.79. The van der Waals surface area contributed by atoms with Crippen molar-refractivity contribution in [3.05, 3.63) is 60.3 Å². The van der Waals surface area contributed by atoms with Crippen LogP contribution in [0.15, 0.2) is 54.7 Å². The summed E-state index contributed by atoms with van der Waals surface area (Å²) in [6, 6.07) is 15.7. The van der Waals surface area contributed by atoms with Crippen molar-refractivity contribution in [3.8, 4) is 0 Å². The minimum Gasteiger partial charge on any atom is -0.353 e. The molecule has 27 heavy (non-hydrogen) atoms. The number of carbonyl (C=O) groups excluding carboxylic acids is 2. The highest BCUT2D eigenvalue weighted by molar-refractivity contribution is 5.79. The number of piperazine rings is 1. The molecule has 1 aliphatic rings. The SMILES string of the molecule is O=C(CCCC(=O)N1CCN(c2ccccn2)CC1)NCc1ccccc1. The molecule has 142 valence electrons. The van der Waals surface area contributed by atoms with Gasteiger partial charge in [-0.25, -0.2) is 4.98 Å². The highest BCUT2D eigenvalue weighted by Crippen LogP contribution is 2.13. The van der Waals surface area contributed by atoms with Crippen LogP contribution in [0.4, 0.5) is 5.82 Å². The lowest BCUT2D eigenvalue weighted by Crippen LogP contribution is -2.49. The van der Waals surface area contributed by atoms with Gasteiger partial charge >= 0.3 is 0 Å². The second-order valence-corrected chi connectivity index (χ2v) is 6.67. The molecule has 0 unspecified atom stereocenters. The number of aromatic nitrogens is 1. The minimum atomic E-state index is -0.00776. The van der Waals surface area contributed by atoms with Crippen molar-refractivity contribution in [2.75, 3.05) is 31.1 Å². The Morgan fingerprint density at radius 1 is 0.926 bits per heavy atom. The maximum atomic E-state index is 12.4. The zero-order valence-corrected chi connectivity index (χ0v) is 15.5. The average molecular weight is 366 g/mol. The van der Waals surface area contributed by atoms with Gasteiger partial charge in [-0.05, 0) is 24.1 Å². The van der Waals surface area contributed by atoms with Crippen LogP contribution in [0.3, 0.4) is 0 Å². The summed E-state index contributed by atoms with van der Waals surface area (Å²) in [5.74, 6) is 1.08. The van der Waals surface area contributed by atoms with Gasteiger partial charge in [-0.1, -0.05) is 36.4 Å². The van der Waals surface area contributed by atoms with E-state index in [4.69, 9.17) is 0 Å². The van der Waals surface area contributed by atoms with Crippen LogP contribution in [0.1, 0.15) is 24.8 Å². The molecule has 3 rings (SSSR count). The first kappa shape index (κ1) is 18.9. The molecule has 1 fully saturated rings. The molecule has 6 heteroatoms. The topological polar surface area (TPSA) is 65.5 Å². The highest BCUT2D eigenvalue weighted by atomic mass is 16.2. The first-order valence-electron chi connectivity index (χ1n) is 9.47. The lowest BCUT2D eigenvalue weighted by molar-refractivity contribution is -0.131. The maximum absolute atomic E-state index is 12.4. The second-order valence-electron chi connectivity index (χ2n) is 6.67. The molecule has 0 spiro atoms. The Bertz CT molecular complexity index is 728. The number of anilines is 1. The Balaban J connectivity index is 1.32. The molecule has 0 aliphatic carbocycles. The summed E-state index contributed by atoms with van der Waals surface area (Å²) in [6.45, 7) is 3.52. The Hall–Kier alpha value is -2.89. The molecule has 0 atom stereocenters. The van der Waals surface area contributed by atoms with Crippen molar-refractivity contribution in [1.29, 1.82) is 0 Å². The number of pyridine rings is 1. The largest absolute Gasteiger partial charge is 0.353 e. The number of nitrogens with one attached hydrogen (secondary N) is 1. The summed E-state index contributed by atoms with van der Waals surface area (Å²) >= 11 is 0. The number of rotatable bonds is 7. The zero-order valence-electron chi connectivity index (χ0n) is 15.5. The number of benzene rings is 1. The summed E-state index contributed by atoms with van der Waals surface area (Å²) in [5.41, 5.74) is 1.08. The van der Waals surface area contributed by atoms with Gasteiger partial charge in [0, 0.05) is 51.8 Å². The van der Waals surface area contributed by atoms with Crippen LogP contribution in [0.25, 0.3) is 0 Å². The van der Waals surface area contributed by atoms with Crippen LogP contribution in [0.5, 0.6) is 0 Å². The van der Waals surface area contributed by atoms with Gasteiger partial charge in [0.1, 0.15) is 5.82 Å². The molecule has 1 aliphatic heterocycles. The second kappa shape index (κ2) is 9.71. The van der Waals surface area contributed by atoms with Gasteiger partial charge in [-0.3, -0.25) is 9.59 Å². The van der Waals surface area contributed by atoms with Crippen molar-refractivity contribution in [1.82, 2.24) is 15.2 Å². The molecule has 1 N–H and O–H groups in total. The summed E-state index contributed by atoms with van der Waals surface area (Å²) in [4.78, 5) is 32.7. The third-order valence-corrected chi connectivity index (χ3v) is 4.73. The Morgan fingerprint density at radius 3 is 2.37 bits per heavy atom. The van der Waals surface area contributed by atoms with Gasteiger partial charge in [0.15, 0.2) is 0 Å². The predicted octanol–water partition coefficient (Wildman–Crippen LogP) is 2.22. The molecule has 0 radical (unpaired) electrons. The van der Waals surface area contributed by atoms with Crippen LogP contribution < -0.4 is 10.2 Å². The first-order chi connectivity index (χ1) is 13.2. The van der Waals surface area contributed by atoms with E-state index in [9.17, 15) is 9.59 Å². The molecule has 1 aromatic heterocycles. The van der Waals surface area contributed by atoms with E-state index in [0.29, 0.717) is 38.9 Å². The fraction of sp³-hybridized carbons (Fsp3) is 0.381. The quantitative estimate of drug-likeness (QED) is 0.816. The number of hydrogen-bond donors (Lipinski definition) is 1. The molecule has 2 aromatic rings. The van der Waals surface area contributed by atoms with Gasteiger partial charge in [-0.2, -0.15) is 0 Å². The van der Waals surface area contributed by atoms with Crippen molar-refractivity contribution in [2.45, 2.75) is 25.8 Å². The minimum absolute atomic E-state index is 0.00776. The van der Waals surface area contributed by atoms with Crippen molar-refractivity contribution >= 4 is 17.6 Å². The van der Waals surface area contributed by atoms with Crippen LogP contribution in [0, 0.1) is 0 Å². The standard InChI is InChI=1S/C21H26N4O2/c26-20(23-17-18-7-2-1-3-8-18)10-6-11-21(27)25-15-13-24(14-16-25)19-9-4-5-12-22-19/h1-5,7-9,12H,6,10-11,13-17H2,(H,23,26). The van der Waals surface area contributed by atoms with E-state index in [1.807, 2.05) is 53.4 Å². The van der Waals surface area contributed by atoms with Crippen molar-refractivity contribution in [2.24, 2.45) is 0 Å². The summed E-state index contributed by atoms with van der Waals surface area (Å²) in [7, 11) is 0. The Morgan fingerprint density at radius 2 is 1.67 bits per heavy atom. The molecule has 1 aromatic carbocycles. The molecule has 2 heterocycles. The smallest absolute Gasteiger partial charge is 0.222 e. The molecule has 0 bridgehead atoms. The molecule has 2 amide bonds. The van der Waals surface area contributed by atoms with Gasteiger partial charge in [0.2, 0.25) is 11.8 Å². The van der Waals surface area contributed by atoms with Gasteiger partial charge in [0.05, 0.1) is 0 Å². The van der Waals surface area contributed by atoms with E-state index < -0.39 is 0 Å². The van der Waals surface area contributed by atoms with Crippen molar-refractivity contribution in [3.63, 3.8) is 0 Å². The molecule has 1 saturated heterocycles. The summed E-state index contributed by atoms with van der Waals surface area (Å²) in [6.07, 6.45) is 3.17. The normalized spacial score (nSPS) is 14.1. The van der Waals surface area contributed by atoms with Gasteiger partial charge in [-0.15, -0.1) is 0 Å². The van der Waals surface area contributed by atoms with Crippen LogP contribution in [-0.4, -0.2) is 47.9 Å². The van der Waals surface area contributed by atoms with Gasteiger partial charge in [0.25, 0.3) is 0 Å². The maximum Gasteiger partial charge on any atom is 0.222 e. The molecule has 6 nitrogen and oxygen atoms in total. The van der Waals surface area contributed by atoms with Crippen LogP contribution in [-0.2, 0) is 16.1 Å². The van der Waals surface area contributed by atoms with Crippen LogP contribution >= 0.6 is 0 Å². The van der Waals surface area contributed by atoms with Crippen LogP contribution in [0.2, 0.25) is 0 Å². The van der Waals surface area contributed by atoms with E-state index in [0.717, 1.165) is 24.5 Å². The van der Waals surface area contributed by atoms with Gasteiger partial charge < -0.3 is 15.1 Å². The number of amides is 2. The Labute approximate surface area is 160 Å². The van der Waals surface area contributed by atoms with E-state index in [2.05, 4.69) is 15.2 Å². The molecule has 0 saturated carbocycles. The van der Waals surface area contributed by atoms with E-state index in [1.54, 1.807) is 6.20 Å². The fourth-order valence-corrected chi connectivity index (χ4v) is 3.17. The summed E-state index contributed by atoms with van der Waals surface area (Å²) < 4.78 is 0. The van der Waals surface area contributed by atoms with Crippen molar-refractivity contribution < 1.29 is 9.59 Å². The number of nitrogens with zero attached hydrogens (tertiary/aromatic N) is 3. The van der Waals surface area contributed by atoms with E-state index in [-0.39, 0.29) is 11.8 Å². The first-order valence-corrected chi connectivity index (χ1v) is 9.47. The fourth-order valence-electron chi connectivity index (χ4n) is 3.17. The van der Waals surface area contributed by atoms with E-state index in [1.165, 1.54) is 0 Å². The third kappa shape index (κ3) is 5.81. The third-order valence-electron chi connectivity index (χ3n) is 4.73. The average Bonchev–Trinajstić information content (AvgIpc) is 2.74. The highest BCUT2D eigenvalue weighted by Gasteiger charge is 2.21. The zero-order chi connectivity index (χ0) is 18.9. The lowest BCUT2D eigenvalue weighted by Gasteiger charge is -2.35. The monoisotopic (exact) mass is 366 g/mol. The summed E-state index contributed by atoms with van der Waals surface area (Å²) in [5, 5.41) is 2.90. The number of hydrogen-bond acceptors (Lipinski definition) is 4. The number of carbonyl (C=O) groups is 2. The molecular formula is C21H26N4O2. The lowest BCUT2D eigenvalue weighted by atomic mass is 10.2.